The van der Waals surface area contributed by atoms with Crippen LogP contribution in [0, 0.1) is 0 Å². The molecular weight excluding hydrogens is 524 g/mol. The number of rotatable bonds is 8. The van der Waals surface area contributed by atoms with E-state index < -0.39 is 11.8 Å². The summed E-state index contributed by atoms with van der Waals surface area (Å²) in [6.45, 7) is 5.26. The standard InChI is InChI=1S/C27H31ClN6O3S/c1-4-23(35)29-22-17-38-16-19(22)26(37)31-27-30-21-11-7-10-20(28)25(21)34(27)18-9-5-6-14-33(15-18)24(36)12-8-13-32(2)3/h4,7-8,10-12,16-18H,1,5-6,9,13-15H2,2-3H3,(H,29,35)(H,30,31,37)/b12-8+/t18-/m1/s1. The Morgan fingerprint density at radius 1 is 1.24 bits per heavy atom. The van der Waals surface area contributed by atoms with Gasteiger partial charge in [0.05, 0.1) is 33.3 Å². The number of thiophene rings is 1. The fraction of sp³-hybridized carbons (Fsp3) is 0.333. The van der Waals surface area contributed by atoms with E-state index in [1.165, 1.54) is 11.3 Å². The Kier molecular flexibility index (Phi) is 8.98. The fourth-order valence-electron chi connectivity index (χ4n) is 4.47. The van der Waals surface area contributed by atoms with Crippen LogP contribution < -0.4 is 10.6 Å². The van der Waals surface area contributed by atoms with Crippen molar-refractivity contribution in [2.75, 3.05) is 44.4 Å². The summed E-state index contributed by atoms with van der Waals surface area (Å²) < 4.78 is 1.94. The van der Waals surface area contributed by atoms with E-state index in [0.29, 0.717) is 52.9 Å². The van der Waals surface area contributed by atoms with Gasteiger partial charge in [0.25, 0.3) is 5.91 Å². The third-order valence-corrected chi connectivity index (χ3v) is 7.34. The quantitative estimate of drug-likeness (QED) is 0.390. The van der Waals surface area contributed by atoms with Gasteiger partial charge in [-0.05, 0) is 51.6 Å². The van der Waals surface area contributed by atoms with Crippen molar-refractivity contribution in [3.8, 4) is 0 Å². The van der Waals surface area contributed by atoms with E-state index in [4.69, 9.17) is 16.6 Å². The number of amides is 3. The maximum Gasteiger partial charge on any atom is 0.260 e. The second-order valence-electron chi connectivity index (χ2n) is 9.36. The first kappa shape index (κ1) is 27.6. The predicted octanol–water partition coefficient (Wildman–Crippen LogP) is 4.80. The monoisotopic (exact) mass is 554 g/mol. The lowest BCUT2D eigenvalue weighted by atomic mass is 10.1. The van der Waals surface area contributed by atoms with E-state index >= 15 is 0 Å². The minimum Gasteiger partial charge on any atom is -0.337 e. The number of hydrogen-bond donors (Lipinski definition) is 2. The summed E-state index contributed by atoms with van der Waals surface area (Å²) in [6, 6.07) is 5.30. The van der Waals surface area contributed by atoms with Gasteiger partial charge in [0.1, 0.15) is 0 Å². The van der Waals surface area contributed by atoms with Crippen LogP contribution in [0.3, 0.4) is 0 Å². The van der Waals surface area contributed by atoms with Crippen molar-refractivity contribution in [2.45, 2.75) is 25.3 Å². The van der Waals surface area contributed by atoms with Crippen molar-refractivity contribution in [3.63, 3.8) is 0 Å². The van der Waals surface area contributed by atoms with Crippen LogP contribution in [0.4, 0.5) is 11.6 Å². The average molecular weight is 555 g/mol. The van der Waals surface area contributed by atoms with Gasteiger partial charge in [0.2, 0.25) is 17.8 Å². The molecule has 0 saturated carbocycles. The van der Waals surface area contributed by atoms with Crippen LogP contribution in [0.5, 0.6) is 0 Å². The summed E-state index contributed by atoms with van der Waals surface area (Å²) in [5, 5.41) is 9.46. The predicted molar refractivity (Wildman–Crippen MR) is 153 cm³/mol. The number of likely N-dealkylation sites (tertiary alicyclic amines) is 1. The van der Waals surface area contributed by atoms with Crippen molar-refractivity contribution in [3.05, 3.63) is 64.4 Å². The molecule has 38 heavy (non-hydrogen) atoms. The van der Waals surface area contributed by atoms with E-state index in [1.807, 2.05) is 46.7 Å². The topological polar surface area (TPSA) is 99.6 Å². The first-order chi connectivity index (χ1) is 18.3. The Morgan fingerprint density at radius 3 is 2.82 bits per heavy atom. The van der Waals surface area contributed by atoms with Crippen LogP contribution in [0.2, 0.25) is 5.02 Å². The molecule has 0 radical (unpaired) electrons. The molecule has 11 heteroatoms. The van der Waals surface area contributed by atoms with Crippen molar-refractivity contribution in [1.29, 1.82) is 0 Å². The highest BCUT2D eigenvalue weighted by Crippen LogP contribution is 2.34. The summed E-state index contributed by atoms with van der Waals surface area (Å²) in [6.07, 6.45) is 7.22. The van der Waals surface area contributed by atoms with Crippen LogP contribution in [0.15, 0.2) is 53.8 Å². The number of likely N-dealkylation sites (N-methyl/N-ethyl adjacent to an activating group) is 1. The summed E-state index contributed by atoms with van der Waals surface area (Å²) >= 11 is 7.94. The molecule has 0 spiro atoms. The number of nitrogens with zero attached hydrogens (tertiary/aromatic N) is 4. The lowest BCUT2D eigenvalue weighted by Gasteiger charge is -2.26. The Labute approximate surface area is 230 Å². The van der Waals surface area contributed by atoms with Gasteiger partial charge < -0.3 is 19.7 Å². The van der Waals surface area contributed by atoms with Gasteiger partial charge in [-0.15, -0.1) is 11.3 Å². The second-order valence-corrected chi connectivity index (χ2v) is 10.5. The molecule has 3 heterocycles. The minimum absolute atomic E-state index is 0.0410. The van der Waals surface area contributed by atoms with Crippen molar-refractivity contribution in [2.24, 2.45) is 0 Å². The zero-order chi connectivity index (χ0) is 27.2. The molecule has 1 fully saturated rings. The number of aromatic nitrogens is 2. The van der Waals surface area contributed by atoms with E-state index in [1.54, 1.807) is 22.9 Å². The Hall–Kier alpha value is -3.47. The largest absolute Gasteiger partial charge is 0.337 e. The number of para-hydroxylation sites is 1. The fourth-order valence-corrected chi connectivity index (χ4v) is 5.49. The molecule has 4 rings (SSSR count). The molecule has 1 atom stereocenters. The molecule has 1 aliphatic rings. The smallest absolute Gasteiger partial charge is 0.260 e. The third kappa shape index (κ3) is 6.32. The Bertz CT molecular complexity index is 1380. The summed E-state index contributed by atoms with van der Waals surface area (Å²) in [5.41, 5.74) is 2.07. The highest BCUT2D eigenvalue weighted by molar-refractivity contribution is 7.08. The number of carbonyl (C=O) groups excluding carboxylic acids is 3. The normalized spacial score (nSPS) is 16.1. The zero-order valence-electron chi connectivity index (χ0n) is 21.4. The number of imidazole rings is 1. The summed E-state index contributed by atoms with van der Waals surface area (Å²) in [5.74, 6) is -0.515. The number of nitrogens with one attached hydrogen (secondary N) is 2. The van der Waals surface area contributed by atoms with Gasteiger partial charge in [0.15, 0.2) is 0 Å². The van der Waals surface area contributed by atoms with Gasteiger partial charge in [0, 0.05) is 36.5 Å². The Balaban J connectivity index is 1.67. The average Bonchev–Trinajstić information content (AvgIpc) is 3.40. The molecule has 0 unspecified atom stereocenters. The number of hydrogen-bond acceptors (Lipinski definition) is 6. The highest BCUT2D eigenvalue weighted by atomic mass is 35.5. The first-order valence-electron chi connectivity index (χ1n) is 12.4. The third-order valence-electron chi connectivity index (χ3n) is 6.29. The van der Waals surface area contributed by atoms with Gasteiger partial charge in [-0.25, -0.2) is 4.98 Å². The van der Waals surface area contributed by atoms with Crippen LogP contribution in [-0.2, 0) is 9.59 Å². The van der Waals surface area contributed by atoms with Gasteiger partial charge in [-0.2, -0.15) is 0 Å². The molecule has 1 aromatic carbocycles. The molecule has 2 aromatic heterocycles. The molecule has 3 aromatic rings. The number of benzene rings is 1. The second kappa shape index (κ2) is 12.4. The molecule has 1 aliphatic heterocycles. The molecule has 1 saturated heterocycles. The molecular formula is C27H31ClN6O3S. The number of carbonyl (C=O) groups is 3. The highest BCUT2D eigenvalue weighted by Gasteiger charge is 2.28. The van der Waals surface area contributed by atoms with E-state index in [9.17, 15) is 14.4 Å². The molecule has 3 amide bonds. The summed E-state index contributed by atoms with van der Waals surface area (Å²) in [4.78, 5) is 46.7. The van der Waals surface area contributed by atoms with E-state index in [-0.39, 0.29) is 11.9 Å². The maximum atomic E-state index is 13.3. The van der Waals surface area contributed by atoms with E-state index in [2.05, 4.69) is 17.2 Å². The van der Waals surface area contributed by atoms with Crippen LogP contribution in [0.1, 0.15) is 35.7 Å². The van der Waals surface area contributed by atoms with Gasteiger partial charge in [-0.3, -0.25) is 19.7 Å². The number of anilines is 2. The Morgan fingerprint density at radius 2 is 2.05 bits per heavy atom. The van der Waals surface area contributed by atoms with Crippen molar-refractivity contribution in [1.82, 2.24) is 19.4 Å². The summed E-state index contributed by atoms with van der Waals surface area (Å²) in [7, 11) is 3.90. The van der Waals surface area contributed by atoms with Crippen LogP contribution >= 0.6 is 22.9 Å². The number of fused-ring (bicyclic) bond motifs is 1. The molecule has 2 N–H and O–H groups in total. The van der Waals surface area contributed by atoms with E-state index in [0.717, 1.165) is 25.3 Å². The zero-order valence-corrected chi connectivity index (χ0v) is 23.0. The molecule has 200 valence electrons. The minimum atomic E-state index is -0.411. The molecule has 0 aliphatic carbocycles. The maximum absolute atomic E-state index is 13.3. The lowest BCUT2D eigenvalue weighted by molar-refractivity contribution is -0.126. The van der Waals surface area contributed by atoms with Crippen LogP contribution in [0.25, 0.3) is 11.0 Å². The number of halogens is 1. The van der Waals surface area contributed by atoms with Gasteiger partial charge >= 0.3 is 0 Å². The molecule has 0 bridgehead atoms. The SMILES string of the molecule is C=CC(=O)Nc1cscc1C(=O)Nc1nc2cccc(Cl)c2n1[C@@H]1CCCCN(C(=O)/C=C/CN(C)C)C1. The van der Waals surface area contributed by atoms with Crippen molar-refractivity contribution < 1.29 is 14.4 Å². The van der Waals surface area contributed by atoms with Gasteiger partial charge in [-0.1, -0.05) is 30.3 Å². The van der Waals surface area contributed by atoms with Crippen LogP contribution in [-0.4, -0.2) is 70.8 Å². The first-order valence-corrected chi connectivity index (χ1v) is 13.7. The lowest BCUT2D eigenvalue weighted by Crippen LogP contribution is -2.34. The molecule has 9 nitrogen and oxygen atoms in total. The van der Waals surface area contributed by atoms with Crippen molar-refractivity contribution >= 4 is 63.3 Å².